The number of hydrogen-bond acceptors (Lipinski definition) is 2. The first-order valence-electron chi connectivity index (χ1n) is 8.71. The van der Waals surface area contributed by atoms with Crippen molar-refractivity contribution in [3.63, 3.8) is 0 Å². The Balaban J connectivity index is 1.65. The predicted octanol–water partition coefficient (Wildman–Crippen LogP) is 4.36. The lowest BCUT2D eigenvalue weighted by Crippen LogP contribution is -2.40. The van der Waals surface area contributed by atoms with Gasteiger partial charge in [-0.15, -0.1) is 0 Å². The van der Waals surface area contributed by atoms with Crippen molar-refractivity contribution in [2.75, 3.05) is 25.4 Å². The fraction of sp³-hybridized carbons (Fsp3) is 0.684. The van der Waals surface area contributed by atoms with Crippen LogP contribution in [-0.2, 0) is 12.8 Å². The minimum Gasteiger partial charge on any atom is -0.302 e. The molecule has 1 saturated carbocycles. The molecular weight excluding hydrogens is 274 g/mol. The molecule has 0 saturated heterocycles. The molecular formula is C19H29NS. The van der Waals surface area contributed by atoms with Gasteiger partial charge >= 0.3 is 0 Å². The number of thiol groups is 1. The maximum atomic E-state index is 4.75. The Labute approximate surface area is 135 Å². The predicted molar refractivity (Wildman–Crippen MR) is 94.3 cm³/mol. The Morgan fingerprint density at radius 2 is 1.48 bits per heavy atom. The smallest absolute Gasteiger partial charge is 0.00460 e. The zero-order valence-electron chi connectivity index (χ0n) is 13.2. The van der Waals surface area contributed by atoms with E-state index in [2.05, 4.69) is 29.2 Å². The fourth-order valence-electron chi connectivity index (χ4n) is 4.19. The van der Waals surface area contributed by atoms with Crippen LogP contribution in [0.1, 0.15) is 49.7 Å². The summed E-state index contributed by atoms with van der Waals surface area (Å²) in [5.41, 5.74) is 3.62. The summed E-state index contributed by atoms with van der Waals surface area (Å²) >= 11 is 4.75. The van der Waals surface area contributed by atoms with E-state index in [9.17, 15) is 0 Å². The molecule has 0 atom stereocenters. The number of hydrogen-bond donors (Lipinski definition) is 1. The first kappa shape index (κ1) is 15.4. The normalized spacial score (nSPS) is 23.1. The van der Waals surface area contributed by atoms with Gasteiger partial charge < -0.3 is 4.90 Å². The van der Waals surface area contributed by atoms with Gasteiger partial charge in [-0.05, 0) is 48.0 Å². The molecule has 2 aliphatic rings. The maximum Gasteiger partial charge on any atom is 0.00460 e. The SMILES string of the molecule is SCC1(CN2CCc3ccccc3CC2)CCCCCC1. The molecule has 2 heteroatoms. The Kier molecular flexibility index (Phi) is 5.29. The minimum atomic E-state index is 0.482. The summed E-state index contributed by atoms with van der Waals surface area (Å²) in [6.07, 6.45) is 10.9. The van der Waals surface area contributed by atoms with Crippen LogP contribution in [0.2, 0.25) is 0 Å². The fourth-order valence-corrected chi connectivity index (χ4v) is 4.61. The second kappa shape index (κ2) is 7.19. The molecule has 1 aromatic rings. The van der Waals surface area contributed by atoms with Gasteiger partial charge in [0, 0.05) is 19.6 Å². The molecule has 1 fully saturated rings. The van der Waals surface area contributed by atoms with Gasteiger partial charge in [-0.1, -0.05) is 49.9 Å². The van der Waals surface area contributed by atoms with Gasteiger partial charge in [-0.25, -0.2) is 0 Å². The van der Waals surface area contributed by atoms with Crippen LogP contribution in [0.15, 0.2) is 24.3 Å². The Hall–Kier alpha value is -0.470. The third-order valence-corrected chi connectivity index (χ3v) is 6.24. The molecule has 1 nitrogen and oxygen atoms in total. The Morgan fingerprint density at radius 3 is 2.00 bits per heavy atom. The molecule has 1 aromatic carbocycles. The van der Waals surface area contributed by atoms with E-state index in [-0.39, 0.29) is 0 Å². The van der Waals surface area contributed by atoms with Gasteiger partial charge in [-0.3, -0.25) is 0 Å². The van der Waals surface area contributed by atoms with E-state index in [0.717, 1.165) is 5.75 Å². The summed E-state index contributed by atoms with van der Waals surface area (Å²) in [4.78, 5) is 2.72. The first-order valence-corrected chi connectivity index (χ1v) is 9.35. The summed E-state index contributed by atoms with van der Waals surface area (Å²) in [7, 11) is 0. The van der Waals surface area contributed by atoms with E-state index in [1.54, 1.807) is 11.1 Å². The molecule has 116 valence electrons. The van der Waals surface area contributed by atoms with Crippen LogP contribution in [-0.4, -0.2) is 30.3 Å². The van der Waals surface area contributed by atoms with Gasteiger partial charge in [0.15, 0.2) is 0 Å². The highest BCUT2D eigenvalue weighted by Crippen LogP contribution is 2.37. The van der Waals surface area contributed by atoms with Gasteiger partial charge in [0.25, 0.3) is 0 Å². The van der Waals surface area contributed by atoms with Gasteiger partial charge in [-0.2, -0.15) is 12.6 Å². The van der Waals surface area contributed by atoms with E-state index < -0.39 is 0 Å². The van der Waals surface area contributed by atoms with Crippen LogP contribution in [0, 0.1) is 5.41 Å². The molecule has 1 aliphatic heterocycles. The number of fused-ring (bicyclic) bond motifs is 1. The number of benzene rings is 1. The summed E-state index contributed by atoms with van der Waals surface area (Å²) in [6, 6.07) is 9.02. The molecule has 1 aliphatic carbocycles. The van der Waals surface area contributed by atoms with Crippen molar-refractivity contribution >= 4 is 12.6 Å². The standard InChI is InChI=1S/C19H29NS/c21-16-19(11-5-1-2-6-12-19)15-20-13-9-17-7-3-4-8-18(17)10-14-20/h3-4,7-8,21H,1-2,5-6,9-16H2. The van der Waals surface area contributed by atoms with Crippen LogP contribution in [0.25, 0.3) is 0 Å². The van der Waals surface area contributed by atoms with Crippen molar-refractivity contribution in [1.82, 2.24) is 4.90 Å². The van der Waals surface area contributed by atoms with E-state index >= 15 is 0 Å². The summed E-state index contributed by atoms with van der Waals surface area (Å²) in [5, 5.41) is 0. The highest BCUT2D eigenvalue weighted by atomic mass is 32.1. The quantitative estimate of drug-likeness (QED) is 0.641. The molecule has 0 aromatic heterocycles. The molecule has 0 amide bonds. The van der Waals surface area contributed by atoms with E-state index in [1.165, 1.54) is 71.0 Å². The van der Waals surface area contributed by atoms with E-state index in [0.29, 0.717) is 5.41 Å². The first-order chi connectivity index (χ1) is 10.3. The summed E-state index contributed by atoms with van der Waals surface area (Å²) in [5.74, 6) is 1.07. The van der Waals surface area contributed by atoms with E-state index in [1.807, 2.05) is 0 Å². The number of nitrogens with zero attached hydrogens (tertiary/aromatic N) is 1. The zero-order chi connectivity index (χ0) is 14.5. The molecule has 3 rings (SSSR count). The third-order valence-electron chi connectivity index (χ3n) is 5.57. The maximum absolute atomic E-state index is 4.75. The van der Waals surface area contributed by atoms with Crippen molar-refractivity contribution < 1.29 is 0 Å². The number of rotatable bonds is 3. The van der Waals surface area contributed by atoms with E-state index in [4.69, 9.17) is 12.6 Å². The Bertz CT molecular complexity index is 422. The summed E-state index contributed by atoms with van der Waals surface area (Å²) in [6.45, 7) is 3.73. The molecule has 0 bridgehead atoms. The molecule has 0 N–H and O–H groups in total. The molecule has 0 unspecified atom stereocenters. The Morgan fingerprint density at radius 1 is 0.905 bits per heavy atom. The monoisotopic (exact) mass is 303 g/mol. The molecule has 21 heavy (non-hydrogen) atoms. The lowest BCUT2D eigenvalue weighted by molar-refractivity contribution is 0.155. The van der Waals surface area contributed by atoms with Crippen molar-refractivity contribution in [3.8, 4) is 0 Å². The molecule has 0 spiro atoms. The summed E-state index contributed by atoms with van der Waals surface area (Å²) < 4.78 is 0. The second-order valence-corrected chi connectivity index (χ2v) is 7.43. The minimum absolute atomic E-state index is 0.482. The third kappa shape index (κ3) is 3.84. The van der Waals surface area contributed by atoms with Crippen LogP contribution < -0.4 is 0 Å². The largest absolute Gasteiger partial charge is 0.302 e. The topological polar surface area (TPSA) is 3.24 Å². The van der Waals surface area contributed by atoms with Crippen LogP contribution in [0.5, 0.6) is 0 Å². The average Bonchev–Trinajstić information content (AvgIpc) is 2.87. The van der Waals surface area contributed by atoms with Gasteiger partial charge in [0.2, 0.25) is 0 Å². The van der Waals surface area contributed by atoms with Crippen molar-refractivity contribution in [2.24, 2.45) is 5.41 Å². The highest BCUT2D eigenvalue weighted by Gasteiger charge is 2.32. The van der Waals surface area contributed by atoms with Crippen LogP contribution in [0.3, 0.4) is 0 Å². The van der Waals surface area contributed by atoms with Crippen molar-refractivity contribution in [1.29, 1.82) is 0 Å². The average molecular weight is 304 g/mol. The lowest BCUT2D eigenvalue weighted by atomic mass is 9.81. The highest BCUT2D eigenvalue weighted by molar-refractivity contribution is 7.80. The van der Waals surface area contributed by atoms with Crippen LogP contribution >= 0.6 is 12.6 Å². The molecule has 0 radical (unpaired) electrons. The van der Waals surface area contributed by atoms with Gasteiger partial charge in [0.1, 0.15) is 0 Å². The van der Waals surface area contributed by atoms with Crippen molar-refractivity contribution in [3.05, 3.63) is 35.4 Å². The van der Waals surface area contributed by atoms with Crippen molar-refractivity contribution in [2.45, 2.75) is 51.4 Å². The lowest BCUT2D eigenvalue weighted by Gasteiger charge is -2.36. The molecule has 1 heterocycles. The van der Waals surface area contributed by atoms with Gasteiger partial charge in [0.05, 0.1) is 0 Å². The van der Waals surface area contributed by atoms with Crippen LogP contribution in [0.4, 0.5) is 0 Å². The second-order valence-electron chi connectivity index (χ2n) is 7.12. The zero-order valence-corrected chi connectivity index (χ0v) is 14.1.